The molecule has 20 nitrogen and oxygen atoms in total. The number of carbonyl (C=O) groups is 6. The SMILES string of the molecule is CCCCC(c1ccc2nc[nH]c2c1)n1ccnc1.CCCCC(c1ccc2nc[nH]c2c1)n1ccnc1.O=C([O-])C(=O)[O-].O=C([O-])C(=O)[O-].O=C([O-])C(=O)[O-]. The Morgan fingerprint density at radius 3 is 1.18 bits per heavy atom. The van der Waals surface area contributed by atoms with Gasteiger partial charge < -0.3 is 78.5 Å². The zero-order chi connectivity index (χ0) is 41.6. The number of fused-ring (bicyclic) bond motifs is 2. The predicted octanol–water partition coefficient (Wildman–Crippen LogP) is -3.46. The number of benzene rings is 2. The number of carbonyl (C=O) groups excluding carboxylic acids is 6. The van der Waals surface area contributed by atoms with Crippen molar-refractivity contribution in [3.8, 4) is 0 Å². The Kier molecular flexibility index (Phi) is 18.6. The molecule has 0 amide bonds. The highest BCUT2D eigenvalue weighted by Crippen LogP contribution is 2.27. The number of carboxylic acid groups (broad SMARTS) is 6. The fourth-order valence-electron chi connectivity index (χ4n) is 5.00. The third-order valence-corrected chi connectivity index (χ3v) is 7.59. The third-order valence-electron chi connectivity index (χ3n) is 7.59. The van der Waals surface area contributed by atoms with Gasteiger partial charge in [0.05, 0.1) is 95.3 Å². The number of rotatable bonds is 10. The van der Waals surface area contributed by atoms with Crippen molar-refractivity contribution in [1.29, 1.82) is 0 Å². The monoisotopic (exact) mass is 772 g/mol. The zero-order valence-electron chi connectivity index (χ0n) is 30.1. The summed E-state index contributed by atoms with van der Waals surface area (Å²) in [7, 11) is 0. The van der Waals surface area contributed by atoms with Gasteiger partial charge in [0.25, 0.3) is 0 Å². The van der Waals surface area contributed by atoms with Crippen molar-refractivity contribution in [2.75, 3.05) is 0 Å². The summed E-state index contributed by atoms with van der Waals surface area (Å²) in [4.78, 5) is 76.8. The lowest BCUT2D eigenvalue weighted by molar-refractivity contribution is -0.345. The van der Waals surface area contributed by atoms with Crippen LogP contribution in [0, 0.1) is 0 Å². The van der Waals surface area contributed by atoms with Crippen LogP contribution in [0.5, 0.6) is 0 Å². The van der Waals surface area contributed by atoms with Gasteiger partial charge in [-0.3, -0.25) is 0 Å². The second kappa shape index (κ2) is 23.3. The van der Waals surface area contributed by atoms with E-state index in [1.807, 2.05) is 37.4 Å². The van der Waals surface area contributed by atoms with Gasteiger partial charge in [-0.15, -0.1) is 0 Å². The van der Waals surface area contributed by atoms with Crippen LogP contribution < -0.4 is 30.6 Å². The highest BCUT2D eigenvalue weighted by atomic mass is 16.5. The number of H-pyrrole nitrogens is 2. The van der Waals surface area contributed by atoms with Gasteiger partial charge in [-0.05, 0) is 48.2 Å². The number of hydrogen-bond acceptors (Lipinski definition) is 16. The van der Waals surface area contributed by atoms with E-state index in [0.717, 1.165) is 34.9 Å². The molecule has 0 saturated carbocycles. The Balaban J connectivity index is 0.000000273. The highest BCUT2D eigenvalue weighted by molar-refractivity contribution is 6.25. The molecule has 0 bridgehead atoms. The first-order valence-electron chi connectivity index (χ1n) is 16.8. The molecule has 6 rings (SSSR count). The largest absolute Gasteiger partial charge is 0.543 e. The normalized spacial score (nSPS) is 11.1. The van der Waals surface area contributed by atoms with Crippen molar-refractivity contribution in [2.45, 2.75) is 64.5 Å². The summed E-state index contributed by atoms with van der Waals surface area (Å²) in [5.74, 6) is -13.1. The number of imidazole rings is 4. The first-order chi connectivity index (χ1) is 26.7. The maximum Gasteiger partial charge on any atom is 0.0951 e. The average Bonchev–Trinajstić information content (AvgIpc) is 4.01. The van der Waals surface area contributed by atoms with Gasteiger partial charge >= 0.3 is 0 Å². The molecule has 2 unspecified atom stereocenters. The lowest BCUT2D eigenvalue weighted by atomic mass is 10.0. The van der Waals surface area contributed by atoms with Crippen molar-refractivity contribution in [3.63, 3.8) is 0 Å². The quantitative estimate of drug-likeness (QED) is 0.128. The van der Waals surface area contributed by atoms with Gasteiger partial charge in [0, 0.05) is 24.8 Å². The summed E-state index contributed by atoms with van der Waals surface area (Å²) in [6.07, 6.45) is 22.1. The average molecular weight is 773 g/mol. The molecule has 0 spiro atoms. The van der Waals surface area contributed by atoms with Gasteiger partial charge in [-0.2, -0.15) is 0 Å². The molecule has 4 heterocycles. The molecule has 0 aliphatic heterocycles. The fourth-order valence-corrected chi connectivity index (χ4v) is 5.00. The number of carboxylic acids is 6. The molecule has 0 fully saturated rings. The molecular formula is C36H36N8O12-6. The van der Waals surface area contributed by atoms with Crippen molar-refractivity contribution < 1.29 is 59.4 Å². The van der Waals surface area contributed by atoms with E-state index in [9.17, 15) is 0 Å². The summed E-state index contributed by atoms with van der Waals surface area (Å²) in [5, 5.41) is 53.6. The first kappa shape index (κ1) is 44.8. The molecule has 2 aromatic carbocycles. The van der Waals surface area contributed by atoms with Gasteiger partial charge in [-0.25, -0.2) is 19.9 Å². The van der Waals surface area contributed by atoms with Crippen LogP contribution in [0.4, 0.5) is 0 Å². The van der Waals surface area contributed by atoms with Crippen LogP contribution in [0.3, 0.4) is 0 Å². The number of nitrogens with one attached hydrogen (secondary N) is 2. The number of aromatic amines is 2. The number of nitrogens with zero attached hydrogens (tertiary/aromatic N) is 6. The molecule has 2 atom stereocenters. The Labute approximate surface area is 318 Å². The van der Waals surface area contributed by atoms with Crippen LogP contribution in [0.2, 0.25) is 0 Å². The second-order valence-electron chi connectivity index (χ2n) is 11.4. The lowest BCUT2D eigenvalue weighted by Gasteiger charge is -2.18. The van der Waals surface area contributed by atoms with Crippen LogP contribution >= 0.6 is 0 Å². The van der Waals surface area contributed by atoms with E-state index < -0.39 is 35.8 Å². The van der Waals surface area contributed by atoms with Crippen LogP contribution in [-0.4, -0.2) is 74.9 Å². The third kappa shape index (κ3) is 14.9. The van der Waals surface area contributed by atoms with Gasteiger partial charge in [0.1, 0.15) is 0 Å². The molecule has 0 aliphatic carbocycles. The molecule has 2 N–H and O–H groups in total. The van der Waals surface area contributed by atoms with E-state index in [1.165, 1.54) is 36.8 Å². The lowest BCUT2D eigenvalue weighted by Crippen LogP contribution is -2.42. The van der Waals surface area contributed by atoms with E-state index in [0.29, 0.717) is 12.1 Å². The summed E-state index contributed by atoms with van der Waals surface area (Å²) in [6, 6.07) is 13.6. The number of aromatic nitrogens is 8. The standard InChI is InChI=1S/2C15H18N4.3C2H2O4/c2*1-2-3-4-15(19-8-7-16-11-19)12-5-6-13-14(9-12)18-10-17-13;3*3-1(4)2(5)6/h2*5-11,15H,2-4H2,1H3,(H,17,18);3*(H,3,4)(H,5,6)/p-6. The number of hydrogen-bond donors (Lipinski definition) is 2. The number of aliphatic carboxylic acids is 6. The predicted molar refractivity (Wildman–Crippen MR) is 182 cm³/mol. The summed E-state index contributed by atoms with van der Waals surface area (Å²) in [5.41, 5.74) is 6.84. The Morgan fingerprint density at radius 2 is 0.911 bits per heavy atom. The molecule has 0 radical (unpaired) electrons. The van der Waals surface area contributed by atoms with Gasteiger partial charge in [0.2, 0.25) is 0 Å². The van der Waals surface area contributed by atoms with Gasteiger partial charge in [0.15, 0.2) is 0 Å². The summed E-state index contributed by atoms with van der Waals surface area (Å²) < 4.78 is 4.38. The maximum absolute atomic E-state index is 8.93. The van der Waals surface area contributed by atoms with Crippen LogP contribution in [0.1, 0.15) is 75.6 Å². The van der Waals surface area contributed by atoms with E-state index in [-0.39, 0.29) is 0 Å². The summed E-state index contributed by atoms with van der Waals surface area (Å²) in [6.45, 7) is 4.45. The number of unbranched alkanes of at least 4 members (excludes halogenated alkanes) is 2. The topological polar surface area (TPSA) is 334 Å². The minimum Gasteiger partial charge on any atom is -0.543 e. The first-order valence-corrected chi connectivity index (χ1v) is 16.8. The molecule has 4 aromatic heterocycles. The smallest absolute Gasteiger partial charge is 0.0951 e. The zero-order valence-corrected chi connectivity index (χ0v) is 30.1. The maximum atomic E-state index is 8.93. The van der Waals surface area contributed by atoms with E-state index in [4.69, 9.17) is 59.4 Å². The molecule has 6 aromatic rings. The minimum atomic E-state index is -2.19. The van der Waals surface area contributed by atoms with Crippen LogP contribution in [0.25, 0.3) is 22.1 Å². The Hall–Kier alpha value is -7.38. The molecule has 298 valence electrons. The van der Waals surface area contributed by atoms with Crippen molar-refractivity contribution in [1.82, 2.24) is 39.0 Å². The van der Waals surface area contributed by atoms with E-state index in [1.54, 1.807) is 12.7 Å². The summed E-state index contributed by atoms with van der Waals surface area (Å²) >= 11 is 0. The van der Waals surface area contributed by atoms with Crippen LogP contribution in [0.15, 0.2) is 86.5 Å². The van der Waals surface area contributed by atoms with E-state index >= 15 is 0 Å². The van der Waals surface area contributed by atoms with Crippen molar-refractivity contribution in [3.05, 3.63) is 97.6 Å². The molecule has 0 saturated heterocycles. The van der Waals surface area contributed by atoms with Gasteiger partial charge in [-0.1, -0.05) is 51.7 Å². The highest BCUT2D eigenvalue weighted by Gasteiger charge is 2.15. The van der Waals surface area contributed by atoms with Crippen molar-refractivity contribution in [2.24, 2.45) is 0 Å². The minimum absolute atomic E-state index is 0.357. The fraction of sp³-hybridized carbons (Fsp3) is 0.278. The second-order valence-corrected chi connectivity index (χ2v) is 11.4. The van der Waals surface area contributed by atoms with Crippen molar-refractivity contribution >= 4 is 57.9 Å². The molecular weight excluding hydrogens is 736 g/mol. The Bertz CT molecular complexity index is 1930. The molecule has 56 heavy (non-hydrogen) atoms. The molecule has 0 aliphatic rings. The van der Waals surface area contributed by atoms with E-state index in [2.05, 4.69) is 89.3 Å². The molecule has 20 heteroatoms. The Morgan fingerprint density at radius 1 is 0.571 bits per heavy atom. The van der Waals surface area contributed by atoms with Crippen LogP contribution in [-0.2, 0) is 28.8 Å².